The third-order valence-electron chi connectivity index (χ3n) is 2.94. The van der Waals surface area contributed by atoms with Crippen LogP contribution in [0.15, 0.2) is 0 Å². The summed E-state index contributed by atoms with van der Waals surface area (Å²) in [5, 5.41) is 8.94. The fourth-order valence-electron chi connectivity index (χ4n) is 1.95. The Kier molecular flexibility index (Phi) is 4.02. The maximum Gasteiger partial charge on any atom is 0.389 e. The predicted molar refractivity (Wildman–Crippen MR) is 54.8 cm³/mol. The van der Waals surface area contributed by atoms with E-state index in [1.165, 1.54) is 4.90 Å². The number of amides is 1. The zero-order valence-corrected chi connectivity index (χ0v) is 9.68. The summed E-state index contributed by atoms with van der Waals surface area (Å²) in [6.45, 7) is 2.42. The van der Waals surface area contributed by atoms with Crippen molar-refractivity contribution in [3.05, 3.63) is 0 Å². The minimum Gasteiger partial charge on any atom is -0.341 e. The van der Waals surface area contributed by atoms with Crippen molar-refractivity contribution in [2.24, 2.45) is 5.41 Å². The topological polar surface area (TPSA) is 44.1 Å². The average molecular weight is 248 g/mol. The lowest BCUT2D eigenvalue weighted by Crippen LogP contribution is -2.44. The average Bonchev–Trinajstić information content (AvgIpc) is 2.25. The van der Waals surface area contributed by atoms with E-state index < -0.39 is 30.3 Å². The van der Waals surface area contributed by atoms with Gasteiger partial charge in [-0.25, -0.2) is 0 Å². The Labute approximate surface area is 98.2 Å². The van der Waals surface area contributed by atoms with Crippen LogP contribution in [0.5, 0.6) is 0 Å². The van der Waals surface area contributed by atoms with Crippen LogP contribution in [0, 0.1) is 16.7 Å². The van der Waals surface area contributed by atoms with E-state index >= 15 is 0 Å². The van der Waals surface area contributed by atoms with Crippen molar-refractivity contribution < 1.29 is 18.0 Å². The molecule has 0 aromatic carbocycles. The first-order valence-electron chi connectivity index (χ1n) is 5.51. The van der Waals surface area contributed by atoms with Gasteiger partial charge in [0.2, 0.25) is 5.91 Å². The van der Waals surface area contributed by atoms with Gasteiger partial charge in [-0.15, -0.1) is 0 Å². The van der Waals surface area contributed by atoms with Gasteiger partial charge in [0.1, 0.15) is 0 Å². The van der Waals surface area contributed by atoms with E-state index in [0.29, 0.717) is 19.4 Å². The summed E-state index contributed by atoms with van der Waals surface area (Å²) in [6, 6.07) is 2.12. The summed E-state index contributed by atoms with van der Waals surface area (Å²) in [7, 11) is 0. The third kappa shape index (κ3) is 4.25. The number of hydrogen-bond donors (Lipinski definition) is 0. The predicted octanol–water partition coefficient (Wildman–Crippen LogP) is 2.48. The van der Waals surface area contributed by atoms with E-state index in [1.54, 1.807) is 6.92 Å². The SMILES string of the molecule is C[C@]1(C#N)CCCN(C(=O)CCC(F)(F)F)C1. The van der Waals surface area contributed by atoms with Gasteiger partial charge < -0.3 is 4.90 Å². The second-order valence-corrected chi connectivity index (χ2v) is 4.71. The molecule has 0 N–H and O–H groups in total. The van der Waals surface area contributed by atoms with Crippen molar-refractivity contribution in [3.8, 4) is 6.07 Å². The largest absolute Gasteiger partial charge is 0.389 e. The smallest absolute Gasteiger partial charge is 0.341 e. The van der Waals surface area contributed by atoms with Gasteiger partial charge >= 0.3 is 6.18 Å². The standard InChI is InChI=1S/C11H15F3N2O/c1-10(7-15)4-2-6-16(8-10)9(17)3-5-11(12,13)14/h2-6,8H2,1H3/t10-/m1/s1. The minimum atomic E-state index is -4.30. The van der Waals surface area contributed by atoms with Crippen LogP contribution in [0.25, 0.3) is 0 Å². The number of piperidine rings is 1. The maximum atomic E-state index is 12.0. The first kappa shape index (κ1) is 13.8. The molecule has 0 spiro atoms. The molecule has 6 heteroatoms. The number of hydrogen-bond acceptors (Lipinski definition) is 2. The lowest BCUT2D eigenvalue weighted by Gasteiger charge is -2.36. The number of carbonyl (C=O) groups excluding carboxylic acids is 1. The molecular formula is C11H15F3N2O. The van der Waals surface area contributed by atoms with Crippen LogP contribution >= 0.6 is 0 Å². The summed E-state index contributed by atoms with van der Waals surface area (Å²) < 4.78 is 35.9. The fourth-order valence-corrected chi connectivity index (χ4v) is 1.95. The molecule has 3 nitrogen and oxygen atoms in total. The Balaban J connectivity index is 2.51. The van der Waals surface area contributed by atoms with Crippen molar-refractivity contribution in [2.45, 2.75) is 38.8 Å². The van der Waals surface area contributed by atoms with Crippen molar-refractivity contribution in [1.29, 1.82) is 5.26 Å². The lowest BCUT2D eigenvalue weighted by molar-refractivity contribution is -0.150. The van der Waals surface area contributed by atoms with Gasteiger partial charge in [0.15, 0.2) is 0 Å². The highest BCUT2D eigenvalue weighted by molar-refractivity contribution is 5.76. The fraction of sp³-hybridized carbons (Fsp3) is 0.818. The summed E-state index contributed by atoms with van der Waals surface area (Å²) in [5.74, 6) is -0.511. The molecule has 0 saturated carbocycles. The lowest BCUT2D eigenvalue weighted by atomic mass is 9.83. The number of nitriles is 1. The van der Waals surface area contributed by atoms with Crippen molar-refractivity contribution in [3.63, 3.8) is 0 Å². The normalized spacial score (nSPS) is 25.5. The zero-order chi connectivity index (χ0) is 13.1. The molecule has 1 heterocycles. The van der Waals surface area contributed by atoms with E-state index in [-0.39, 0.29) is 6.54 Å². The summed E-state index contributed by atoms with van der Waals surface area (Å²) >= 11 is 0. The molecule has 1 aliphatic heterocycles. The van der Waals surface area contributed by atoms with E-state index in [1.807, 2.05) is 0 Å². The molecule has 17 heavy (non-hydrogen) atoms. The van der Waals surface area contributed by atoms with Crippen molar-refractivity contribution >= 4 is 5.91 Å². The Morgan fingerprint density at radius 2 is 2.18 bits per heavy atom. The van der Waals surface area contributed by atoms with Gasteiger partial charge in [-0.05, 0) is 19.8 Å². The van der Waals surface area contributed by atoms with Gasteiger partial charge in [0.05, 0.1) is 17.9 Å². The Bertz CT molecular complexity index is 335. The van der Waals surface area contributed by atoms with Gasteiger partial charge in [-0.2, -0.15) is 18.4 Å². The Morgan fingerprint density at radius 3 is 2.71 bits per heavy atom. The zero-order valence-electron chi connectivity index (χ0n) is 9.68. The first-order chi connectivity index (χ1) is 7.76. The molecule has 1 saturated heterocycles. The molecule has 1 atom stereocenters. The highest BCUT2D eigenvalue weighted by atomic mass is 19.4. The number of likely N-dealkylation sites (tertiary alicyclic amines) is 1. The number of alkyl halides is 3. The molecule has 0 radical (unpaired) electrons. The van der Waals surface area contributed by atoms with E-state index in [2.05, 4.69) is 6.07 Å². The van der Waals surface area contributed by atoms with Crippen LogP contribution in [0.4, 0.5) is 13.2 Å². The molecule has 1 amide bonds. The van der Waals surface area contributed by atoms with Crippen LogP contribution < -0.4 is 0 Å². The molecule has 0 unspecified atom stereocenters. The number of carbonyl (C=O) groups is 1. The molecule has 1 aliphatic rings. The maximum absolute atomic E-state index is 12.0. The minimum absolute atomic E-state index is 0.236. The van der Waals surface area contributed by atoms with Crippen LogP contribution in [-0.4, -0.2) is 30.1 Å². The van der Waals surface area contributed by atoms with Crippen molar-refractivity contribution in [2.75, 3.05) is 13.1 Å². The molecule has 0 bridgehead atoms. The molecule has 1 fully saturated rings. The molecule has 0 aliphatic carbocycles. The van der Waals surface area contributed by atoms with Gasteiger partial charge in [-0.3, -0.25) is 4.79 Å². The number of rotatable bonds is 2. The Morgan fingerprint density at radius 1 is 1.53 bits per heavy atom. The second kappa shape index (κ2) is 4.94. The highest BCUT2D eigenvalue weighted by Crippen LogP contribution is 2.29. The third-order valence-corrected chi connectivity index (χ3v) is 2.94. The highest BCUT2D eigenvalue weighted by Gasteiger charge is 2.34. The van der Waals surface area contributed by atoms with Gasteiger partial charge in [0, 0.05) is 19.5 Å². The quantitative estimate of drug-likeness (QED) is 0.753. The molecule has 0 aromatic heterocycles. The van der Waals surface area contributed by atoms with Gasteiger partial charge in [0.25, 0.3) is 0 Å². The number of halogens is 3. The van der Waals surface area contributed by atoms with E-state index in [0.717, 1.165) is 0 Å². The molecule has 96 valence electrons. The van der Waals surface area contributed by atoms with Crippen molar-refractivity contribution in [1.82, 2.24) is 4.90 Å². The van der Waals surface area contributed by atoms with Crippen LogP contribution in [0.2, 0.25) is 0 Å². The first-order valence-corrected chi connectivity index (χ1v) is 5.51. The molecule has 0 aromatic rings. The second-order valence-electron chi connectivity index (χ2n) is 4.71. The van der Waals surface area contributed by atoms with Crippen LogP contribution in [-0.2, 0) is 4.79 Å². The molecule has 1 rings (SSSR count). The van der Waals surface area contributed by atoms with Gasteiger partial charge in [-0.1, -0.05) is 0 Å². The molecular weight excluding hydrogens is 233 g/mol. The summed E-state index contributed by atoms with van der Waals surface area (Å²) in [5.41, 5.74) is -0.619. The van der Waals surface area contributed by atoms with E-state index in [4.69, 9.17) is 5.26 Å². The number of nitrogens with zero attached hydrogens (tertiary/aromatic N) is 2. The van der Waals surface area contributed by atoms with Crippen LogP contribution in [0.1, 0.15) is 32.6 Å². The Hall–Kier alpha value is -1.25. The van der Waals surface area contributed by atoms with Crippen LogP contribution in [0.3, 0.4) is 0 Å². The van der Waals surface area contributed by atoms with E-state index in [9.17, 15) is 18.0 Å². The summed E-state index contributed by atoms with van der Waals surface area (Å²) in [6.07, 6.45) is -4.56. The monoisotopic (exact) mass is 248 g/mol. The summed E-state index contributed by atoms with van der Waals surface area (Å²) in [4.78, 5) is 12.9.